The van der Waals surface area contributed by atoms with Crippen molar-refractivity contribution in [1.82, 2.24) is 0 Å². The number of rotatable bonds is 6. The van der Waals surface area contributed by atoms with E-state index in [0.29, 0.717) is 19.1 Å². The number of primary amides is 1. The maximum absolute atomic E-state index is 10.7. The first-order valence-electron chi connectivity index (χ1n) is 17.3. The number of carboxylic acid groups (broad SMARTS) is 1. The maximum Gasteiger partial charge on any atom is 0.307 e. The maximum atomic E-state index is 10.7. The average molecular weight is 699 g/mol. The van der Waals surface area contributed by atoms with Crippen molar-refractivity contribution in [1.29, 1.82) is 0 Å². The zero-order valence-electron chi connectivity index (χ0n) is 29.4. The van der Waals surface area contributed by atoms with Gasteiger partial charge >= 0.3 is 5.97 Å². The van der Waals surface area contributed by atoms with Crippen LogP contribution in [0.4, 0.5) is 0 Å². The van der Waals surface area contributed by atoms with E-state index in [4.69, 9.17) is 30.8 Å². The Balaban J connectivity index is -0.000000599. The summed E-state index contributed by atoms with van der Waals surface area (Å²) in [6, 6.07) is 24.0. The number of carbonyl (C=O) groups excluding carboxylic acids is 1. The van der Waals surface area contributed by atoms with Crippen molar-refractivity contribution < 1.29 is 28.9 Å². The zero-order valence-corrected chi connectivity index (χ0v) is 29.4. The molecule has 6 rings (SSSR count). The lowest BCUT2D eigenvalue weighted by Crippen LogP contribution is -2.28. The molecule has 0 spiro atoms. The van der Waals surface area contributed by atoms with Gasteiger partial charge in [0.25, 0.3) is 0 Å². The van der Waals surface area contributed by atoms with Crippen LogP contribution < -0.4 is 25.7 Å². The number of para-hydroxylation sites is 3. The molecule has 0 bridgehead atoms. The topological polar surface area (TPSA) is 134 Å². The summed E-state index contributed by atoms with van der Waals surface area (Å²) in [6.45, 7) is 12.7. The fourth-order valence-electron chi connectivity index (χ4n) is 5.24. The number of amides is 1. The minimum absolute atomic E-state index is 0. The number of benzene rings is 3. The Kier molecular flexibility index (Phi) is 30.0. The van der Waals surface area contributed by atoms with E-state index in [0.717, 1.165) is 62.2 Å². The molecule has 0 aromatic heterocycles. The SMILES string of the molecule is C.C.C.CC.CC.CC.NC(=O)CC1CCc2ccccc2O1.NCCC1CCc2ccccc2O1.O=C(O)CC1CCc2ccccc2O1. The van der Waals surface area contributed by atoms with Gasteiger partial charge in [0.1, 0.15) is 35.6 Å². The molecule has 1 amide bonds. The molecule has 8 heteroatoms. The Morgan fingerprint density at radius 3 is 1.26 bits per heavy atom. The highest BCUT2D eigenvalue weighted by molar-refractivity contribution is 5.74. The van der Waals surface area contributed by atoms with Gasteiger partial charge in [-0.3, -0.25) is 9.59 Å². The molecule has 3 aliphatic heterocycles. The van der Waals surface area contributed by atoms with Gasteiger partial charge in [-0.25, -0.2) is 0 Å². The Morgan fingerprint density at radius 2 is 0.920 bits per heavy atom. The molecule has 3 aromatic carbocycles. The number of hydrogen-bond acceptors (Lipinski definition) is 6. The molecule has 8 nitrogen and oxygen atoms in total. The summed E-state index contributed by atoms with van der Waals surface area (Å²) in [6.07, 6.45) is 7.28. The number of aliphatic carboxylic acids is 1. The molecule has 3 aliphatic rings. The summed E-state index contributed by atoms with van der Waals surface area (Å²) in [7, 11) is 0. The fourth-order valence-corrected chi connectivity index (χ4v) is 5.24. The number of carboxylic acids is 1. The monoisotopic (exact) mass is 699 g/mol. The summed E-state index contributed by atoms with van der Waals surface area (Å²) in [5.74, 6) is 1.69. The molecule has 3 atom stereocenters. The number of nitrogens with two attached hydrogens (primary N) is 2. The normalized spacial score (nSPS) is 16.7. The smallest absolute Gasteiger partial charge is 0.307 e. The van der Waals surface area contributed by atoms with E-state index in [1.54, 1.807) is 0 Å². The van der Waals surface area contributed by atoms with Crippen LogP contribution in [-0.4, -0.2) is 41.8 Å². The Hall–Kier alpha value is -4.04. The average Bonchev–Trinajstić information content (AvgIpc) is 3.11. The first kappa shape index (κ1) is 50.3. The zero-order chi connectivity index (χ0) is 35.0. The molecule has 3 aromatic rings. The first-order valence-corrected chi connectivity index (χ1v) is 17.3. The summed E-state index contributed by atoms with van der Waals surface area (Å²) in [5.41, 5.74) is 14.3. The third-order valence-electron chi connectivity index (χ3n) is 7.33. The summed E-state index contributed by atoms with van der Waals surface area (Å²) < 4.78 is 17.0. The summed E-state index contributed by atoms with van der Waals surface area (Å²) >= 11 is 0. The van der Waals surface area contributed by atoms with E-state index >= 15 is 0 Å². The van der Waals surface area contributed by atoms with Crippen LogP contribution in [0.5, 0.6) is 17.2 Å². The van der Waals surface area contributed by atoms with Crippen LogP contribution in [0.1, 0.15) is 119 Å². The van der Waals surface area contributed by atoms with Crippen molar-refractivity contribution >= 4 is 11.9 Å². The van der Waals surface area contributed by atoms with Crippen LogP contribution in [0.25, 0.3) is 0 Å². The molecule has 0 saturated heterocycles. The number of fused-ring (bicyclic) bond motifs is 3. The molecule has 0 saturated carbocycles. The highest BCUT2D eigenvalue weighted by atomic mass is 16.5. The third-order valence-corrected chi connectivity index (χ3v) is 7.33. The number of ether oxygens (including phenoxy) is 3. The quantitative estimate of drug-likeness (QED) is 0.233. The summed E-state index contributed by atoms with van der Waals surface area (Å²) in [4.78, 5) is 21.2. The lowest BCUT2D eigenvalue weighted by atomic mass is 10.0. The number of aryl methyl sites for hydroxylation is 3. The standard InChI is InChI=1S/C11H13NO2.C11H15NO.C11H12O3.3C2H6.3CH4/c12-11(13)7-9-6-5-8-3-1-2-4-10(8)14-9;12-8-7-10-6-5-9-3-1-2-4-11(9)13-10;12-11(13)7-9-6-5-8-3-1-2-4-10(8)14-9;3*1-2;;;/h1-4,9H,5-7H2,(H2,12,13);1-4,10H,5-8,12H2;1-4,9H,5-7H2,(H,12,13);3*1-2H3;3*1H4. The van der Waals surface area contributed by atoms with E-state index in [1.807, 2.05) is 96.1 Å². The van der Waals surface area contributed by atoms with E-state index in [2.05, 4.69) is 18.2 Å². The van der Waals surface area contributed by atoms with Crippen LogP contribution in [0.2, 0.25) is 0 Å². The van der Waals surface area contributed by atoms with Crippen LogP contribution in [0, 0.1) is 0 Å². The molecule has 284 valence electrons. The van der Waals surface area contributed by atoms with Crippen LogP contribution in [0.15, 0.2) is 72.8 Å². The minimum Gasteiger partial charge on any atom is -0.490 e. The van der Waals surface area contributed by atoms with Crippen molar-refractivity contribution in [2.75, 3.05) is 6.54 Å². The third kappa shape index (κ3) is 18.1. The number of hydrogen-bond donors (Lipinski definition) is 3. The van der Waals surface area contributed by atoms with E-state index in [-0.39, 0.29) is 46.8 Å². The van der Waals surface area contributed by atoms with E-state index < -0.39 is 5.97 Å². The van der Waals surface area contributed by atoms with Gasteiger partial charge in [-0.05, 0) is 86.4 Å². The molecule has 0 radical (unpaired) electrons. The van der Waals surface area contributed by atoms with Gasteiger partial charge in [0.05, 0.1) is 12.8 Å². The van der Waals surface area contributed by atoms with Gasteiger partial charge in [-0.1, -0.05) is 118 Å². The molecule has 3 unspecified atom stereocenters. The highest BCUT2D eigenvalue weighted by Crippen LogP contribution is 2.29. The predicted molar refractivity (Wildman–Crippen MR) is 212 cm³/mol. The summed E-state index contributed by atoms with van der Waals surface area (Å²) in [5, 5.41) is 8.63. The Morgan fingerprint density at radius 1 is 0.600 bits per heavy atom. The van der Waals surface area contributed by atoms with Crippen molar-refractivity contribution in [3.8, 4) is 17.2 Å². The molecule has 0 fully saturated rings. The predicted octanol–water partition coefficient (Wildman–Crippen LogP) is 9.83. The molecule has 3 heterocycles. The molecule has 0 aliphatic carbocycles. The van der Waals surface area contributed by atoms with Crippen LogP contribution in [-0.2, 0) is 28.9 Å². The highest BCUT2D eigenvalue weighted by Gasteiger charge is 2.22. The van der Waals surface area contributed by atoms with Crippen molar-refractivity contribution in [3.63, 3.8) is 0 Å². The molecule has 50 heavy (non-hydrogen) atoms. The van der Waals surface area contributed by atoms with Crippen molar-refractivity contribution in [3.05, 3.63) is 89.5 Å². The molecular weight excluding hydrogens is 628 g/mol. The minimum atomic E-state index is -0.797. The van der Waals surface area contributed by atoms with Crippen molar-refractivity contribution in [2.45, 2.75) is 140 Å². The first-order chi connectivity index (χ1) is 22.9. The lowest BCUT2D eigenvalue weighted by Gasteiger charge is -2.25. The van der Waals surface area contributed by atoms with Gasteiger partial charge in [0.2, 0.25) is 5.91 Å². The van der Waals surface area contributed by atoms with E-state index in [9.17, 15) is 9.59 Å². The van der Waals surface area contributed by atoms with Gasteiger partial charge in [0.15, 0.2) is 0 Å². The molecular formula is C42H70N2O6. The van der Waals surface area contributed by atoms with Gasteiger partial charge in [0, 0.05) is 0 Å². The van der Waals surface area contributed by atoms with Crippen LogP contribution >= 0.6 is 0 Å². The van der Waals surface area contributed by atoms with Gasteiger partial charge in [-0.2, -0.15) is 0 Å². The fraction of sp³-hybridized carbons (Fsp3) is 0.524. The largest absolute Gasteiger partial charge is 0.490 e. The van der Waals surface area contributed by atoms with Crippen LogP contribution in [0.3, 0.4) is 0 Å². The second kappa shape index (κ2) is 29.8. The van der Waals surface area contributed by atoms with Crippen molar-refractivity contribution in [2.24, 2.45) is 11.5 Å². The van der Waals surface area contributed by atoms with Gasteiger partial charge in [-0.15, -0.1) is 0 Å². The number of carbonyl (C=O) groups is 2. The van der Waals surface area contributed by atoms with E-state index in [1.165, 1.54) is 16.7 Å². The second-order valence-corrected chi connectivity index (χ2v) is 10.5. The van der Waals surface area contributed by atoms with Gasteiger partial charge < -0.3 is 30.8 Å². The second-order valence-electron chi connectivity index (χ2n) is 10.5. The lowest BCUT2D eigenvalue weighted by molar-refractivity contribution is -0.139. The Bertz CT molecular complexity index is 1230. The Labute approximate surface area is 304 Å². The molecule has 5 N–H and O–H groups in total.